The van der Waals surface area contributed by atoms with E-state index >= 15 is 0 Å². The van der Waals surface area contributed by atoms with E-state index in [0.717, 1.165) is 30.2 Å². The molecule has 4 unspecified atom stereocenters. The number of benzene rings is 1. The highest BCUT2D eigenvalue weighted by molar-refractivity contribution is 5.23. The molecule has 2 nitrogen and oxygen atoms in total. The van der Waals surface area contributed by atoms with Crippen LogP contribution in [0.3, 0.4) is 0 Å². The van der Waals surface area contributed by atoms with Crippen molar-refractivity contribution in [3.8, 4) is 0 Å². The molecule has 1 aromatic carbocycles. The third-order valence-electron chi connectivity index (χ3n) is 4.71. The summed E-state index contributed by atoms with van der Waals surface area (Å²) in [6, 6.07) is 6.47. The Labute approximate surface area is 107 Å². The van der Waals surface area contributed by atoms with E-state index in [1.54, 1.807) is 6.07 Å². The third kappa shape index (κ3) is 2.17. The SMILES string of the molecule is NCC(c1cccc(F)c1)C(O)C1CC2CC2C1. The van der Waals surface area contributed by atoms with Gasteiger partial charge in [-0.2, -0.15) is 0 Å². The number of halogens is 1. The number of nitrogens with two attached hydrogens (primary N) is 1. The molecule has 2 aliphatic rings. The summed E-state index contributed by atoms with van der Waals surface area (Å²) in [5, 5.41) is 10.5. The van der Waals surface area contributed by atoms with Gasteiger partial charge in [0.05, 0.1) is 6.10 Å². The maximum Gasteiger partial charge on any atom is 0.123 e. The Bertz CT molecular complexity index is 426. The van der Waals surface area contributed by atoms with E-state index in [1.165, 1.54) is 18.6 Å². The van der Waals surface area contributed by atoms with Crippen molar-refractivity contribution < 1.29 is 9.50 Å². The quantitative estimate of drug-likeness (QED) is 0.860. The van der Waals surface area contributed by atoms with E-state index in [0.29, 0.717) is 12.5 Å². The van der Waals surface area contributed by atoms with Gasteiger partial charge >= 0.3 is 0 Å². The lowest BCUT2D eigenvalue weighted by Gasteiger charge is -2.27. The topological polar surface area (TPSA) is 46.2 Å². The molecule has 3 N–H and O–H groups in total. The van der Waals surface area contributed by atoms with Gasteiger partial charge in [-0.05, 0) is 54.7 Å². The summed E-state index contributed by atoms with van der Waals surface area (Å²) in [6.45, 7) is 0.371. The molecule has 98 valence electrons. The van der Waals surface area contributed by atoms with Crippen LogP contribution in [0.25, 0.3) is 0 Å². The highest BCUT2D eigenvalue weighted by atomic mass is 19.1. The zero-order valence-electron chi connectivity index (χ0n) is 10.4. The van der Waals surface area contributed by atoms with E-state index in [4.69, 9.17) is 5.73 Å². The molecule has 0 radical (unpaired) electrons. The van der Waals surface area contributed by atoms with E-state index in [2.05, 4.69) is 0 Å². The van der Waals surface area contributed by atoms with Crippen molar-refractivity contribution >= 4 is 0 Å². The van der Waals surface area contributed by atoms with E-state index < -0.39 is 6.10 Å². The van der Waals surface area contributed by atoms with Crippen LogP contribution in [0.2, 0.25) is 0 Å². The molecule has 2 fully saturated rings. The summed E-state index contributed by atoms with van der Waals surface area (Å²) in [5.41, 5.74) is 6.61. The van der Waals surface area contributed by atoms with Crippen molar-refractivity contribution in [1.82, 2.24) is 0 Å². The van der Waals surface area contributed by atoms with Crippen LogP contribution in [0.15, 0.2) is 24.3 Å². The normalized spacial score (nSPS) is 32.9. The molecule has 0 bridgehead atoms. The van der Waals surface area contributed by atoms with Gasteiger partial charge in [-0.25, -0.2) is 4.39 Å². The van der Waals surface area contributed by atoms with Crippen LogP contribution >= 0.6 is 0 Å². The van der Waals surface area contributed by atoms with Crippen LogP contribution in [0.4, 0.5) is 4.39 Å². The third-order valence-corrected chi connectivity index (χ3v) is 4.71. The van der Waals surface area contributed by atoms with E-state index in [9.17, 15) is 9.50 Å². The molecule has 2 aliphatic carbocycles. The van der Waals surface area contributed by atoms with Crippen molar-refractivity contribution in [1.29, 1.82) is 0 Å². The second kappa shape index (κ2) is 4.63. The summed E-state index contributed by atoms with van der Waals surface area (Å²) in [5.74, 6) is 1.65. The molecule has 0 spiro atoms. The van der Waals surface area contributed by atoms with Gasteiger partial charge in [-0.3, -0.25) is 0 Å². The largest absolute Gasteiger partial charge is 0.392 e. The van der Waals surface area contributed by atoms with Gasteiger partial charge in [0, 0.05) is 12.5 Å². The first-order valence-corrected chi connectivity index (χ1v) is 6.82. The Morgan fingerprint density at radius 1 is 1.28 bits per heavy atom. The second-order valence-corrected chi connectivity index (χ2v) is 5.88. The van der Waals surface area contributed by atoms with Crippen molar-refractivity contribution in [2.45, 2.75) is 31.3 Å². The standard InChI is InChI=1S/C15H20FNO/c16-13-3-1-2-9(7-13)14(8-17)15(18)12-5-10-4-11(10)6-12/h1-3,7,10-12,14-15,18H,4-6,8,17H2. The molecule has 0 amide bonds. The van der Waals surface area contributed by atoms with Gasteiger partial charge in [0.25, 0.3) is 0 Å². The van der Waals surface area contributed by atoms with Crippen LogP contribution in [0.5, 0.6) is 0 Å². The lowest BCUT2D eigenvalue weighted by atomic mass is 9.83. The Morgan fingerprint density at radius 3 is 2.61 bits per heavy atom. The monoisotopic (exact) mass is 249 g/mol. The Kier molecular flexibility index (Phi) is 3.12. The maximum atomic E-state index is 13.3. The number of rotatable bonds is 4. The van der Waals surface area contributed by atoms with Gasteiger partial charge in [0.1, 0.15) is 5.82 Å². The van der Waals surface area contributed by atoms with Gasteiger partial charge in [-0.1, -0.05) is 12.1 Å². The average molecular weight is 249 g/mol. The first kappa shape index (κ1) is 12.1. The van der Waals surface area contributed by atoms with Gasteiger partial charge in [-0.15, -0.1) is 0 Å². The number of fused-ring (bicyclic) bond motifs is 1. The van der Waals surface area contributed by atoms with E-state index in [1.807, 2.05) is 6.07 Å². The molecule has 3 heteroatoms. The average Bonchev–Trinajstić information content (AvgIpc) is 2.97. The molecule has 1 aromatic rings. The van der Waals surface area contributed by atoms with Gasteiger partial charge in [0.15, 0.2) is 0 Å². The van der Waals surface area contributed by atoms with Crippen molar-refractivity contribution in [2.75, 3.05) is 6.54 Å². The summed E-state index contributed by atoms with van der Waals surface area (Å²) in [6.07, 6.45) is 3.16. The van der Waals surface area contributed by atoms with Crippen LogP contribution in [-0.2, 0) is 0 Å². The van der Waals surface area contributed by atoms with Crippen LogP contribution < -0.4 is 5.73 Å². The molecule has 18 heavy (non-hydrogen) atoms. The smallest absolute Gasteiger partial charge is 0.123 e. The number of hydrogen-bond acceptors (Lipinski definition) is 2. The zero-order chi connectivity index (χ0) is 12.7. The molecular weight excluding hydrogens is 229 g/mol. The highest BCUT2D eigenvalue weighted by Gasteiger charge is 2.48. The van der Waals surface area contributed by atoms with Gasteiger partial charge < -0.3 is 10.8 Å². The Morgan fingerprint density at radius 2 is 2.00 bits per heavy atom. The first-order valence-electron chi connectivity index (χ1n) is 6.82. The minimum absolute atomic E-state index is 0.136. The molecule has 0 aliphatic heterocycles. The molecule has 0 aromatic heterocycles. The fraction of sp³-hybridized carbons (Fsp3) is 0.600. The van der Waals surface area contributed by atoms with Crippen LogP contribution in [0.1, 0.15) is 30.7 Å². The summed E-state index contributed by atoms with van der Waals surface area (Å²) >= 11 is 0. The molecular formula is C15H20FNO. The number of aliphatic hydroxyl groups is 1. The molecule has 4 atom stereocenters. The minimum Gasteiger partial charge on any atom is -0.392 e. The zero-order valence-corrected chi connectivity index (χ0v) is 10.4. The highest BCUT2D eigenvalue weighted by Crippen LogP contribution is 2.56. The number of aliphatic hydroxyl groups excluding tert-OH is 1. The van der Waals surface area contributed by atoms with E-state index in [-0.39, 0.29) is 11.7 Å². The van der Waals surface area contributed by atoms with Gasteiger partial charge in [0.2, 0.25) is 0 Å². The fourth-order valence-corrected chi connectivity index (χ4v) is 3.58. The Hall–Kier alpha value is -0.930. The lowest BCUT2D eigenvalue weighted by Crippen LogP contribution is -2.32. The summed E-state index contributed by atoms with van der Waals surface area (Å²) < 4.78 is 13.3. The fourth-order valence-electron chi connectivity index (χ4n) is 3.58. The number of hydrogen-bond donors (Lipinski definition) is 2. The van der Waals surface area contributed by atoms with Crippen molar-refractivity contribution in [2.24, 2.45) is 23.5 Å². The summed E-state index contributed by atoms with van der Waals surface area (Å²) in [4.78, 5) is 0. The predicted molar refractivity (Wildman–Crippen MR) is 68.5 cm³/mol. The molecule has 3 rings (SSSR count). The van der Waals surface area contributed by atoms with Crippen molar-refractivity contribution in [3.63, 3.8) is 0 Å². The molecule has 2 saturated carbocycles. The predicted octanol–water partition coefficient (Wildman–Crippen LogP) is 2.28. The summed E-state index contributed by atoms with van der Waals surface area (Å²) in [7, 11) is 0. The maximum absolute atomic E-state index is 13.3. The Balaban J connectivity index is 1.74. The minimum atomic E-state index is -0.426. The first-order chi connectivity index (χ1) is 8.69. The lowest BCUT2D eigenvalue weighted by molar-refractivity contribution is 0.0789. The molecule has 0 heterocycles. The van der Waals surface area contributed by atoms with Crippen molar-refractivity contribution in [3.05, 3.63) is 35.6 Å². The van der Waals surface area contributed by atoms with Crippen LogP contribution in [-0.4, -0.2) is 17.8 Å². The second-order valence-electron chi connectivity index (χ2n) is 5.88. The van der Waals surface area contributed by atoms with Crippen LogP contribution in [0, 0.1) is 23.6 Å². The molecule has 0 saturated heterocycles.